The van der Waals surface area contributed by atoms with E-state index in [4.69, 9.17) is 35.5 Å². The molecule has 1 aliphatic heterocycles. The number of rotatable bonds is 0. The molecular formula is C5H12N5O5P. The average molecular weight is 253 g/mol. The van der Waals surface area contributed by atoms with Gasteiger partial charge < -0.3 is 30.9 Å². The van der Waals surface area contributed by atoms with Crippen molar-refractivity contribution in [3.63, 3.8) is 0 Å². The Morgan fingerprint density at radius 3 is 1.44 bits per heavy atom. The molecule has 0 amide bonds. The van der Waals surface area contributed by atoms with E-state index in [0.717, 1.165) is 0 Å². The Hall–Kier alpha value is -1.74. The number of nitrogens with two attached hydrogens (primary N) is 2. The summed E-state index contributed by atoms with van der Waals surface area (Å²) in [6.45, 7) is 0. The van der Waals surface area contributed by atoms with Crippen LogP contribution in [0.4, 0.5) is 0 Å². The minimum absolute atomic E-state index is 0.0463. The van der Waals surface area contributed by atoms with E-state index in [0.29, 0.717) is 0 Å². The van der Waals surface area contributed by atoms with E-state index in [1.165, 1.54) is 12.2 Å². The zero-order chi connectivity index (χ0) is 13.4. The molecule has 1 heterocycles. The normalized spacial score (nSPS) is 12.9. The van der Waals surface area contributed by atoms with Crippen LogP contribution in [0.2, 0.25) is 0 Å². The molecule has 0 saturated carbocycles. The molecule has 0 saturated heterocycles. The number of guanidine groups is 1. The maximum Gasteiger partial charge on any atom is 0.466 e. The number of nitrogens with one attached hydrogen (secondary N) is 3. The van der Waals surface area contributed by atoms with Crippen LogP contribution in [0, 0.1) is 16.2 Å². The van der Waals surface area contributed by atoms with Crippen molar-refractivity contribution < 1.29 is 24.0 Å². The highest BCUT2D eigenvalue weighted by Crippen LogP contribution is 2.25. The Labute approximate surface area is 90.3 Å². The van der Waals surface area contributed by atoms with Crippen LogP contribution in [0.25, 0.3) is 0 Å². The van der Waals surface area contributed by atoms with Gasteiger partial charge >= 0.3 is 7.82 Å². The van der Waals surface area contributed by atoms with Gasteiger partial charge in [-0.1, -0.05) is 0 Å². The molecule has 16 heavy (non-hydrogen) atoms. The van der Waals surface area contributed by atoms with Gasteiger partial charge in [0.05, 0.1) is 0 Å². The maximum atomic E-state index is 8.88. The molecule has 1 aliphatic rings. The quantitative estimate of drug-likeness (QED) is 0.144. The third-order valence-electron chi connectivity index (χ3n) is 0.606. The Kier molecular flexibility index (Phi) is 7.86. The van der Waals surface area contributed by atoms with Crippen molar-refractivity contribution in [2.45, 2.75) is 0 Å². The maximum absolute atomic E-state index is 8.88. The van der Waals surface area contributed by atoms with Crippen LogP contribution in [-0.2, 0) is 9.30 Å². The van der Waals surface area contributed by atoms with E-state index in [1.54, 1.807) is 0 Å². The van der Waals surface area contributed by atoms with E-state index in [-0.39, 0.29) is 17.8 Å². The highest BCUT2D eigenvalue weighted by Gasteiger charge is 2.02. The second-order valence-corrected chi connectivity index (χ2v) is 3.16. The minimum Gasteiger partial charge on any atom is -0.422 e. The van der Waals surface area contributed by atoms with Gasteiger partial charge in [-0.3, -0.25) is 16.2 Å². The molecule has 0 aromatic heterocycles. The summed E-state index contributed by atoms with van der Waals surface area (Å²) in [5.41, 5.74) is 8.94. The van der Waals surface area contributed by atoms with Crippen molar-refractivity contribution in [1.82, 2.24) is 0 Å². The Bertz CT molecular complexity index is 319. The van der Waals surface area contributed by atoms with Crippen molar-refractivity contribution >= 4 is 25.6 Å². The van der Waals surface area contributed by atoms with E-state index in [2.05, 4.69) is 16.2 Å². The number of hydrogen-bond donors (Lipinski definition) is 8. The Morgan fingerprint density at radius 2 is 1.38 bits per heavy atom. The van der Waals surface area contributed by atoms with Gasteiger partial charge in [-0.05, 0) is 0 Å². The lowest BCUT2D eigenvalue weighted by Gasteiger charge is -1.87. The standard InChI is InChI=1S/C4H4N2O.CH5N3.H3O4P/c5-3-1-2-4(6)7-3;2-1(3)4;1-5(2,3)4/h1-2,5-6H;(H5,2,3,4);(H3,1,2,3,4). The minimum atomic E-state index is -4.64. The van der Waals surface area contributed by atoms with Crippen LogP contribution >= 0.6 is 7.82 Å². The van der Waals surface area contributed by atoms with E-state index in [9.17, 15) is 0 Å². The average Bonchev–Trinajstić information content (AvgIpc) is 2.28. The lowest BCUT2D eigenvalue weighted by Crippen LogP contribution is -2.20. The molecule has 0 aromatic rings. The summed E-state index contributed by atoms with van der Waals surface area (Å²) in [5, 5.41) is 19.5. The fraction of sp³-hybridized carbons (Fsp3) is 0. The van der Waals surface area contributed by atoms with Gasteiger partial charge in [0.25, 0.3) is 0 Å². The number of ether oxygens (including phenoxy) is 1. The topological polar surface area (TPSA) is 211 Å². The monoisotopic (exact) mass is 253 g/mol. The molecular weight excluding hydrogens is 241 g/mol. The zero-order valence-electron chi connectivity index (χ0n) is 7.91. The molecule has 10 N–H and O–H groups in total. The van der Waals surface area contributed by atoms with Crippen LogP contribution in [0.5, 0.6) is 0 Å². The molecule has 10 nitrogen and oxygen atoms in total. The van der Waals surface area contributed by atoms with Gasteiger partial charge in [-0.25, -0.2) is 4.57 Å². The second kappa shape index (κ2) is 7.54. The summed E-state index contributed by atoms with van der Waals surface area (Å²) < 4.78 is 13.3. The predicted molar refractivity (Wildman–Crippen MR) is 56.0 cm³/mol. The lowest BCUT2D eigenvalue weighted by molar-refractivity contribution is 0.275. The van der Waals surface area contributed by atoms with Crippen molar-refractivity contribution in [3.05, 3.63) is 12.2 Å². The lowest BCUT2D eigenvalue weighted by atomic mass is 10.5. The molecule has 0 aliphatic carbocycles. The predicted octanol–water partition coefficient (Wildman–Crippen LogP) is -1.56. The molecule has 0 spiro atoms. The SMILES string of the molecule is N=C(N)N.N=C1C=CC(=N)O1.O=P(O)(O)O. The van der Waals surface area contributed by atoms with Gasteiger partial charge in [0.2, 0.25) is 11.8 Å². The summed E-state index contributed by atoms with van der Waals surface area (Å²) in [4.78, 5) is 21.6. The molecule has 0 bridgehead atoms. The third kappa shape index (κ3) is 29.5. The molecule has 0 fully saturated rings. The van der Waals surface area contributed by atoms with Crippen LogP contribution in [-0.4, -0.2) is 32.4 Å². The summed E-state index contributed by atoms with van der Waals surface area (Å²) >= 11 is 0. The summed E-state index contributed by atoms with van der Waals surface area (Å²) in [6.07, 6.45) is 2.87. The zero-order valence-corrected chi connectivity index (χ0v) is 8.81. The molecule has 1 rings (SSSR count). The molecule has 0 aromatic carbocycles. The largest absolute Gasteiger partial charge is 0.466 e. The van der Waals surface area contributed by atoms with Crippen molar-refractivity contribution in [2.75, 3.05) is 0 Å². The van der Waals surface area contributed by atoms with E-state index >= 15 is 0 Å². The first-order chi connectivity index (χ1) is 7.02. The van der Waals surface area contributed by atoms with E-state index in [1.807, 2.05) is 0 Å². The fourth-order valence-corrected chi connectivity index (χ4v) is 0.338. The van der Waals surface area contributed by atoms with Crippen molar-refractivity contribution in [1.29, 1.82) is 16.2 Å². The smallest absolute Gasteiger partial charge is 0.422 e. The molecule has 0 radical (unpaired) electrons. The first kappa shape index (κ1) is 16.7. The van der Waals surface area contributed by atoms with Gasteiger partial charge in [-0.2, -0.15) is 0 Å². The van der Waals surface area contributed by atoms with Crippen LogP contribution in [0.3, 0.4) is 0 Å². The van der Waals surface area contributed by atoms with Crippen molar-refractivity contribution in [2.24, 2.45) is 11.5 Å². The molecule has 0 atom stereocenters. The van der Waals surface area contributed by atoms with Gasteiger partial charge in [-0.15, -0.1) is 0 Å². The van der Waals surface area contributed by atoms with Crippen molar-refractivity contribution in [3.8, 4) is 0 Å². The second-order valence-electron chi connectivity index (χ2n) is 2.13. The number of hydrogen-bond acceptors (Lipinski definition) is 5. The molecule has 0 unspecified atom stereocenters. The molecule has 11 heteroatoms. The molecule has 92 valence electrons. The summed E-state index contributed by atoms with van der Waals surface area (Å²) in [6, 6.07) is 0. The third-order valence-corrected chi connectivity index (χ3v) is 0.606. The highest BCUT2D eigenvalue weighted by atomic mass is 31.2. The van der Waals surface area contributed by atoms with E-state index < -0.39 is 7.82 Å². The van der Waals surface area contributed by atoms with Crippen LogP contribution < -0.4 is 11.5 Å². The Balaban J connectivity index is 0. The van der Waals surface area contributed by atoms with Gasteiger partial charge in [0.1, 0.15) is 0 Å². The summed E-state index contributed by atoms with van der Waals surface area (Å²) in [7, 11) is -4.64. The first-order valence-electron chi connectivity index (χ1n) is 3.43. The summed E-state index contributed by atoms with van der Waals surface area (Å²) in [5.74, 6) is -0.241. The van der Waals surface area contributed by atoms with Crippen LogP contribution in [0.15, 0.2) is 12.2 Å². The van der Waals surface area contributed by atoms with Crippen LogP contribution in [0.1, 0.15) is 0 Å². The fourth-order valence-electron chi connectivity index (χ4n) is 0.338. The highest BCUT2D eigenvalue weighted by molar-refractivity contribution is 7.45. The Morgan fingerprint density at radius 1 is 1.19 bits per heavy atom. The first-order valence-corrected chi connectivity index (χ1v) is 4.99. The van der Waals surface area contributed by atoms with Gasteiger partial charge in [0, 0.05) is 12.2 Å². The number of phosphoric acid groups is 1. The van der Waals surface area contributed by atoms with Gasteiger partial charge in [0.15, 0.2) is 5.96 Å².